The quantitative estimate of drug-likeness (QED) is 0.0379. The van der Waals surface area contributed by atoms with Crippen molar-refractivity contribution in [2.75, 3.05) is 19.8 Å². The summed E-state index contributed by atoms with van der Waals surface area (Å²) in [6, 6.07) is 0. The Hall–Kier alpha value is -1.13. The lowest BCUT2D eigenvalue weighted by molar-refractivity contribution is -0.154. The Morgan fingerprint density at radius 3 is 1.12 bits per heavy atom. The number of esters is 1. The van der Waals surface area contributed by atoms with Crippen LogP contribution in [0.1, 0.15) is 277 Å². The number of allylic oxidation sites excluding steroid dienone is 4. The highest BCUT2D eigenvalue weighted by atomic mass is 16.6. The second-order valence-electron chi connectivity index (χ2n) is 17.2. The summed E-state index contributed by atoms with van der Waals surface area (Å²) < 4.78 is 11.2. The summed E-state index contributed by atoms with van der Waals surface area (Å²) in [4.78, 5) is 12.3. The first-order valence-corrected chi connectivity index (χ1v) is 25.4. The molecular weight excluding hydrogens is 689 g/mol. The van der Waals surface area contributed by atoms with Gasteiger partial charge in [-0.15, -0.1) is 0 Å². The lowest BCUT2D eigenvalue weighted by atomic mass is 10.0. The van der Waals surface area contributed by atoms with Crippen molar-refractivity contribution in [2.45, 2.75) is 283 Å². The third kappa shape index (κ3) is 47.2. The zero-order valence-electron chi connectivity index (χ0n) is 38.2. The van der Waals surface area contributed by atoms with Crippen LogP contribution in [-0.2, 0) is 14.3 Å². The standard InChI is InChI=1S/C52H100O4/c1-3-5-7-9-11-13-15-17-19-21-23-24-25-26-27-28-29-31-33-35-37-39-41-43-45-47-52(54)56-51(49-53)50-55-48-46-44-42-40-38-36-34-32-30-22-20-18-16-14-12-10-8-6-4-2/h14,16,20,22,51,53H,3-13,15,17-19,21,23-50H2,1-2H3/b16-14-,22-20-. The molecule has 0 amide bonds. The van der Waals surface area contributed by atoms with Gasteiger partial charge in [0.15, 0.2) is 0 Å². The molecule has 0 aromatic rings. The molecule has 0 aliphatic rings. The first kappa shape index (κ1) is 54.9. The van der Waals surface area contributed by atoms with Gasteiger partial charge in [0.1, 0.15) is 6.10 Å². The molecule has 0 aliphatic heterocycles. The summed E-state index contributed by atoms with van der Waals surface area (Å²) in [5, 5.41) is 9.64. The molecule has 0 heterocycles. The van der Waals surface area contributed by atoms with E-state index in [0.717, 1.165) is 25.7 Å². The fourth-order valence-electron chi connectivity index (χ4n) is 7.71. The molecule has 0 bridgehead atoms. The molecule has 4 heteroatoms. The summed E-state index contributed by atoms with van der Waals surface area (Å²) in [7, 11) is 0. The fraction of sp³-hybridized carbons (Fsp3) is 0.904. The van der Waals surface area contributed by atoms with Gasteiger partial charge in [-0.1, -0.05) is 250 Å². The van der Waals surface area contributed by atoms with E-state index < -0.39 is 6.10 Å². The Labute approximate surface area is 351 Å². The Bertz CT molecular complexity index is 792. The van der Waals surface area contributed by atoms with Gasteiger partial charge in [-0.3, -0.25) is 4.79 Å². The van der Waals surface area contributed by atoms with Crippen LogP contribution >= 0.6 is 0 Å². The number of hydrogen-bond donors (Lipinski definition) is 1. The van der Waals surface area contributed by atoms with Crippen molar-refractivity contribution in [1.29, 1.82) is 0 Å². The maximum atomic E-state index is 12.3. The van der Waals surface area contributed by atoms with Crippen molar-refractivity contribution < 1.29 is 19.4 Å². The van der Waals surface area contributed by atoms with Crippen molar-refractivity contribution >= 4 is 5.97 Å². The zero-order chi connectivity index (χ0) is 40.5. The smallest absolute Gasteiger partial charge is 0.306 e. The molecule has 1 N–H and O–H groups in total. The van der Waals surface area contributed by atoms with E-state index in [0.29, 0.717) is 19.6 Å². The highest BCUT2D eigenvalue weighted by Gasteiger charge is 2.13. The van der Waals surface area contributed by atoms with Gasteiger partial charge >= 0.3 is 5.97 Å². The van der Waals surface area contributed by atoms with Crippen LogP contribution in [0.2, 0.25) is 0 Å². The number of rotatable bonds is 48. The average molecular weight is 789 g/mol. The van der Waals surface area contributed by atoms with Crippen LogP contribution in [-0.4, -0.2) is 37.0 Å². The van der Waals surface area contributed by atoms with Crippen molar-refractivity contribution in [3.05, 3.63) is 24.3 Å². The van der Waals surface area contributed by atoms with E-state index in [-0.39, 0.29) is 12.6 Å². The Morgan fingerprint density at radius 2 is 0.750 bits per heavy atom. The SMILES string of the molecule is CCCCCC/C=C\C/C=C\CCCCCCCCCCOCC(CO)OC(=O)CCCCCCCCCCCCCCCCCCCCCCCCCCC. The minimum atomic E-state index is -0.534. The van der Waals surface area contributed by atoms with Crippen LogP contribution < -0.4 is 0 Å². The average Bonchev–Trinajstić information content (AvgIpc) is 3.20. The topological polar surface area (TPSA) is 55.8 Å². The highest BCUT2D eigenvalue weighted by Crippen LogP contribution is 2.17. The molecule has 0 saturated heterocycles. The van der Waals surface area contributed by atoms with Crippen molar-refractivity contribution in [1.82, 2.24) is 0 Å². The number of carbonyl (C=O) groups excluding carboxylic acids is 1. The number of hydrogen-bond acceptors (Lipinski definition) is 4. The Kier molecular flexibility index (Phi) is 49.0. The molecule has 332 valence electrons. The van der Waals surface area contributed by atoms with Gasteiger partial charge in [0.25, 0.3) is 0 Å². The molecule has 1 atom stereocenters. The van der Waals surface area contributed by atoms with E-state index in [1.165, 1.54) is 231 Å². The summed E-state index contributed by atoms with van der Waals surface area (Å²) >= 11 is 0. The Morgan fingerprint density at radius 1 is 0.429 bits per heavy atom. The minimum Gasteiger partial charge on any atom is -0.457 e. The van der Waals surface area contributed by atoms with Gasteiger partial charge in [-0.2, -0.15) is 0 Å². The van der Waals surface area contributed by atoms with Crippen molar-refractivity contribution in [3.8, 4) is 0 Å². The van der Waals surface area contributed by atoms with E-state index in [4.69, 9.17) is 9.47 Å². The van der Waals surface area contributed by atoms with E-state index in [2.05, 4.69) is 38.2 Å². The molecule has 0 saturated carbocycles. The molecule has 0 aromatic carbocycles. The largest absolute Gasteiger partial charge is 0.457 e. The van der Waals surface area contributed by atoms with Gasteiger partial charge in [0.05, 0.1) is 13.2 Å². The summed E-state index contributed by atoms with van der Waals surface area (Å²) in [5.74, 6) is -0.196. The number of unbranched alkanes of at least 4 members (excludes halogenated alkanes) is 36. The third-order valence-corrected chi connectivity index (χ3v) is 11.5. The van der Waals surface area contributed by atoms with Crippen LogP contribution in [0.25, 0.3) is 0 Å². The highest BCUT2D eigenvalue weighted by molar-refractivity contribution is 5.69. The van der Waals surface area contributed by atoms with Crippen LogP contribution in [0.5, 0.6) is 0 Å². The molecule has 4 nitrogen and oxygen atoms in total. The monoisotopic (exact) mass is 789 g/mol. The van der Waals surface area contributed by atoms with Crippen molar-refractivity contribution in [2.24, 2.45) is 0 Å². The van der Waals surface area contributed by atoms with Crippen LogP contribution in [0.3, 0.4) is 0 Å². The number of aliphatic hydroxyl groups is 1. The van der Waals surface area contributed by atoms with Crippen LogP contribution in [0.4, 0.5) is 0 Å². The first-order chi connectivity index (χ1) is 27.7. The lowest BCUT2D eigenvalue weighted by Gasteiger charge is -2.16. The maximum absolute atomic E-state index is 12.3. The van der Waals surface area contributed by atoms with Crippen LogP contribution in [0.15, 0.2) is 24.3 Å². The number of ether oxygens (including phenoxy) is 2. The lowest BCUT2D eigenvalue weighted by Crippen LogP contribution is -2.27. The molecule has 0 radical (unpaired) electrons. The molecule has 0 aromatic heterocycles. The zero-order valence-corrected chi connectivity index (χ0v) is 38.2. The predicted octanol–water partition coefficient (Wildman–Crippen LogP) is 17.1. The Balaban J connectivity index is 3.36. The molecule has 0 rings (SSSR count). The predicted molar refractivity (Wildman–Crippen MR) is 247 cm³/mol. The maximum Gasteiger partial charge on any atom is 0.306 e. The second-order valence-corrected chi connectivity index (χ2v) is 17.2. The normalized spacial score (nSPS) is 12.4. The molecule has 1 unspecified atom stereocenters. The van der Waals surface area contributed by atoms with Crippen molar-refractivity contribution in [3.63, 3.8) is 0 Å². The van der Waals surface area contributed by atoms with E-state index in [9.17, 15) is 9.90 Å². The summed E-state index contributed by atoms with van der Waals surface area (Å²) in [5.41, 5.74) is 0. The molecule has 0 spiro atoms. The van der Waals surface area contributed by atoms with Gasteiger partial charge in [-0.05, 0) is 44.9 Å². The van der Waals surface area contributed by atoms with Gasteiger partial charge in [-0.25, -0.2) is 0 Å². The van der Waals surface area contributed by atoms with Gasteiger partial charge in [0.2, 0.25) is 0 Å². The first-order valence-electron chi connectivity index (χ1n) is 25.4. The number of aliphatic hydroxyl groups excluding tert-OH is 1. The van der Waals surface area contributed by atoms with Crippen LogP contribution in [0, 0.1) is 0 Å². The molecular formula is C52H100O4. The molecule has 0 aliphatic carbocycles. The van der Waals surface area contributed by atoms with Gasteiger partial charge < -0.3 is 14.6 Å². The number of carbonyl (C=O) groups is 1. The minimum absolute atomic E-state index is 0.169. The van der Waals surface area contributed by atoms with E-state index in [1.54, 1.807) is 0 Å². The van der Waals surface area contributed by atoms with E-state index in [1.807, 2.05) is 0 Å². The van der Waals surface area contributed by atoms with Gasteiger partial charge in [0, 0.05) is 13.0 Å². The second kappa shape index (κ2) is 50.0. The summed E-state index contributed by atoms with van der Waals surface area (Å²) in [6.45, 7) is 5.37. The molecule has 0 fully saturated rings. The summed E-state index contributed by atoms with van der Waals surface area (Å²) in [6.07, 6.45) is 62.7. The van der Waals surface area contributed by atoms with E-state index >= 15 is 0 Å². The molecule has 56 heavy (non-hydrogen) atoms. The third-order valence-electron chi connectivity index (χ3n) is 11.5. The fourth-order valence-corrected chi connectivity index (χ4v) is 7.71.